The molecule has 1 aliphatic heterocycles. The van der Waals surface area contributed by atoms with Crippen molar-refractivity contribution in [3.05, 3.63) is 29.6 Å². The maximum Gasteiger partial charge on any atom is 0.303 e. The van der Waals surface area contributed by atoms with Crippen LogP contribution in [0.25, 0.3) is 0 Å². The van der Waals surface area contributed by atoms with Gasteiger partial charge < -0.3 is 5.11 Å². The van der Waals surface area contributed by atoms with Crippen LogP contribution >= 0.6 is 0 Å². The fourth-order valence-corrected chi connectivity index (χ4v) is 2.53. The van der Waals surface area contributed by atoms with Crippen LogP contribution in [-0.2, 0) is 11.3 Å². The molecule has 1 N–H and O–H groups in total. The zero-order chi connectivity index (χ0) is 13.7. The van der Waals surface area contributed by atoms with Crippen LogP contribution < -0.4 is 0 Å². The highest BCUT2D eigenvalue weighted by Gasteiger charge is 2.23. The number of nitriles is 1. The first-order chi connectivity index (χ1) is 9.19. The van der Waals surface area contributed by atoms with Gasteiger partial charge in [0, 0.05) is 31.3 Å². The van der Waals surface area contributed by atoms with Crippen molar-refractivity contribution in [3.63, 3.8) is 0 Å². The van der Waals surface area contributed by atoms with Crippen molar-refractivity contribution in [3.8, 4) is 6.07 Å². The lowest BCUT2D eigenvalue weighted by Crippen LogP contribution is -2.21. The van der Waals surface area contributed by atoms with Crippen LogP contribution in [0.5, 0.6) is 0 Å². The van der Waals surface area contributed by atoms with Crippen LogP contribution in [0.15, 0.2) is 18.3 Å². The molecule has 1 atom stereocenters. The molecule has 1 aliphatic rings. The van der Waals surface area contributed by atoms with Crippen molar-refractivity contribution in [2.75, 3.05) is 13.1 Å². The second-order valence-corrected chi connectivity index (χ2v) is 4.95. The Hall–Kier alpha value is -1.93. The topological polar surface area (TPSA) is 77.2 Å². The number of rotatable bonds is 5. The third-order valence-electron chi connectivity index (χ3n) is 3.53. The molecule has 1 fully saturated rings. The van der Waals surface area contributed by atoms with Gasteiger partial charge in [0.1, 0.15) is 11.8 Å². The Labute approximate surface area is 112 Å². The quantitative estimate of drug-likeness (QED) is 0.869. The summed E-state index contributed by atoms with van der Waals surface area (Å²) in [5, 5.41) is 17.7. The summed E-state index contributed by atoms with van der Waals surface area (Å²) in [5.74, 6) is -0.268. The van der Waals surface area contributed by atoms with Gasteiger partial charge in [0.05, 0.1) is 0 Å². The van der Waals surface area contributed by atoms with Crippen molar-refractivity contribution < 1.29 is 9.90 Å². The molecular formula is C14H17N3O2. The van der Waals surface area contributed by atoms with Crippen LogP contribution in [0, 0.1) is 17.2 Å². The Morgan fingerprint density at radius 3 is 3.21 bits per heavy atom. The summed E-state index contributed by atoms with van der Waals surface area (Å²) in [6, 6.07) is 5.87. The zero-order valence-corrected chi connectivity index (χ0v) is 10.7. The highest BCUT2D eigenvalue weighted by Crippen LogP contribution is 2.23. The molecule has 2 heterocycles. The van der Waals surface area contributed by atoms with Gasteiger partial charge in [-0.05, 0) is 31.4 Å². The number of nitrogens with zero attached hydrogens (tertiary/aromatic N) is 3. The van der Waals surface area contributed by atoms with Crippen molar-refractivity contribution in [1.29, 1.82) is 5.26 Å². The lowest BCUT2D eigenvalue weighted by molar-refractivity contribution is -0.137. The molecule has 0 saturated carbocycles. The molecule has 0 amide bonds. The molecule has 5 heteroatoms. The van der Waals surface area contributed by atoms with E-state index in [-0.39, 0.29) is 6.42 Å². The first-order valence-corrected chi connectivity index (χ1v) is 6.47. The Morgan fingerprint density at radius 2 is 2.47 bits per heavy atom. The monoisotopic (exact) mass is 259 g/mol. The molecule has 0 aromatic carbocycles. The zero-order valence-electron chi connectivity index (χ0n) is 10.7. The fourth-order valence-electron chi connectivity index (χ4n) is 2.53. The first kappa shape index (κ1) is 13.5. The van der Waals surface area contributed by atoms with E-state index in [1.807, 2.05) is 12.1 Å². The number of carbonyl (C=O) groups is 1. The van der Waals surface area contributed by atoms with Crippen molar-refractivity contribution in [2.45, 2.75) is 25.8 Å². The Kier molecular flexibility index (Phi) is 4.48. The van der Waals surface area contributed by atoms with Crippen molar-refractivity contribution in [1.82, 2.24) is 9.88 Å². The van der Waals surface area contributed by atoms with E-state index in [1.165, 1.54) is 0 Å². The molecule has 1 unspecified atom stereocenters. The highest BCUT2D eigenvalue weighted by molar-refractivity contribution is 5.66. The normalized spacial score (nSPS) is 19.2. The molecule has 0 bridgehead atoms. The summed E-state index contributed by atoms with van der Waals surface area (Å²) in [4.78, 5) is 16.9. The van der Waals surface area contributed by atoms with E-state index in [4.69, 9.17) is 10.4 Å². The number of likely N-dealkylation sites (tertiary alicyclic amines) is 1. The summed E-state index contributed by atoms with van der Waals surface area (Å²) >= 11 is 0. The number of hydrogen-bond donors (Lipinski definition) is 1. The maximum absolute atomic E-state index is 10.6. The van der Waals surface area contributed by atoms with E-state index < -0.39 is 5.97 Å². The SMILES string of the molecule is N#Cc1ncccc1CN1CCC(CCC(=O)O)C1. The predicted octanol–water partition coefficient (Wildman–Crippen LogP) is 1.64. The molecular weight excluding hydrogens is 242 g/mol. The van der Waals surface area contributed by atoms with Gasteiger partial charge in [-0.15, -0.1) is 0 Å². The fraction of sp³-hybridized carbons (Fsp3) is 0.500. The van der Waals surface area contributed by atoms with Gasteiger partial charge in [-0.2, -0.15) is 5.26 Å². The second-order valence-electron chi connectivity index (χ2n) is 4.95. The molecule has 19 heavy (non-hydrogen) atoms. The van der Waals surface area contributed by atoms with Crippen LogP contribution in [0.3, 0.4) is 0 Å². The number of pyridine rings is 1. The lowest BCUT2D eigenvalue weighted by atomic mass is 10.0. The van der Waals surface area contributed by atoms with Gasteiger partial charge in [-0.25, -0.2) is 4.98 Å². The number of carboxylic acids is 1. The molecule has 0 spiro atoms. The number of carboxylic acid groups (broad SMARTS) is 1. The molecule has 1 saturated heterocycles. The van der Waals surface area contributed by atoms with E-state index in [2.05, 4.69) is 16.0 Å². The summed E-state index contributed by atoms with van der Waals surface area (Å²) < 4.78 is 0. The van der Waals surface area contributed by atoms with E-state index in [1.54, 1.807) is 6.20 Å². The van der Waals surface area contributed by atoms with Gasteiger partial charge in [0.25, 0.3) is 0 Å². The smallest absolute Gasteiger partial charge is 0.303 e. The molecule has 0 radical (unpaired) electrons. The largest absolute Gasteiger partial charge is 0.481 e. The van der Waals surface area contributed by atoms with E-state index in [9.17, 15) is 4.79 Å². The summed E-state index contributed by atoms with van der Waals surface area (Å²) in [6.07, 6.45) is 3.65. The number of aliphatic carboxylic acids is 1. The average molecular weight is 259 g/mol. The van der Waals surface area contributed by atoms with Gasteiger partial charge in [-0.3, -0.25) is 9.69 Å². The van der Waals surface area contributed by atoms with Gasteiger partial charge >= 0.3 is 5.97 Å². The Morgan fingerprint density at radius 1 is 1.63 bits per heavy atom. The van der Waals surface area contributed by atoms with Crippen LogP contribution in [0.1, 0.15) is 30.5 Å². The second kappa shape index (κ2) is 6.30. The maximum atomic E-state index is 10.6. The summed E-state index contributed by atoms with van der Waals surface area (Å²) in [7, 11) is 0. The minimum Gasteiger partial charge on any atom is -0.481 e. The third kappa shape index (κ3) is 3.76. The molecule has 1 aromatic rings. The van der Waals surface area contributed by atoms with Gasteiger partial charge in [-0.1, -0.05) is 6.07 Å². The van der Waals surface area contributed by atoms with E-state index in [0.29, 0.717) is 11.6 Å². The van der Waals surface area contributed by atoms with Crippen LogP contribution in [-0.4, -0.2) is 34.0 Å². The molecule has 5 nitrogen and oxygen atoms in total. The minimum absolute atomic E-state index is 0.245. The number of aromatic nitrogens is 1. The Balaban J connectivity index is 1.88. The van der Waals surface area contributed by atoms with Crippen molar-refractivity contribution >= 4 is 5.97 Å². The lowest BCUT2D eigenvalue weighted by Gasteiger charge is -2.16. The molecule has 0 aliphatic carbocycles. The highest BCUT2D eigenvalue weighted by atomic mass is 16.4. The first-order valence-electron chi connectivity index (χ1n) is 6.47. The van der Waals surface area contributed by atoms with E-state index >= 15 is 0 Å². The average Bonchev–Trinajstić information content (AvgIpc) is 2.85. The molecule has 2 rings (SSSR count). The summed E-state index contributed by atoms with van der Waals surface area (Å²) in [5.41, 5.74) is 1.43. The van der Waals surface area contributed by atoms with Gasteiger partial charge in [0.2, 0.25) is 0 Å². The van der Waals surface area contributed by atoms with Crippen molar-refractivity contribution in [2.24, 2.45) is 5.92 Å². The third-order valence-corrected chi connectivity index (χ3v) is 3.53. The standard InChI is InChI=1S/C14H17N3O2/c15-8-13-12(2-1-6-16-13)10-17-7-5-11(9-17)3-4-14(18)19/h1-2,6,11H,3-5,7,9-10H2,(H,18,19). The van der Waals surface area contributed by atoms with Gasteiger partial charge in [0.15, 0.2) is 0 Å². The Bertz CT molecular complexity index is 496. The van der Waals surface area contributed by atoms with E-state index in [0.717, 1.165) is 38.0 Å². The molecule has 1 aromatic heterocycles. The van der Waals surface area contributed by atoms with Crippen LogP contribution in [0.2, 0.25) is 0 Å². The minimum atomic E-state index is -0.725. The predicted molar refractivity (Wildman–Crippen MR) is 69.2 cm³/mol. The van der Waals surface area contributed by atoms with Crippen LogP contribution in [0.4, 0.5) is 0 Å². The molecule has 100 valence electrons. The number of hydrogen-bond acceptors (Lipinski definition) is 4. The summed E-state index contributed by atoms with van der Waals surface area (Å²) in [6.45, 7) is 2.59.